The minimum atomic E-state index is -3.02. The molecule has 192 valence electrons. The number of ether oxygens (including phenoxy) is 1. The van der Waals surface area contributed by atoms with Gasteiger partial charge in [-0.2, -0.15) is 8.78 Å². The molecule has 1 aromatic carbocycles. The van der Waals surface area contributed by atoms with Crippen LogP contribution in [0.4, 0.5) is 19.1 Å². The van der Waals surface area contributed by atoms with Crippen molar-refractivity contribution in [2.24, 2.45) is 0 Å². The second-order valence-electron chi connectivity index (χ2n) is 9.62. The Kier molecular flexibility index (Phi) is 5.98. The summed E-state index contributed by atoms with van der Waals surface area (Å²) in [5.74, 6) is -2.11. The molecule has 0 saturated carbocycles. The van der Waals surface area contributed by atoms with Crippen LogP contribution in [0.5, 0.6) is 5.75 Å². The lowest BCUT2D eigenvalue weighted by Crippen LogP contribution is -2.34. The first kappa shape index (κ1) is 23.7. The van der Waals surface area contributed by atoms with Gasteiger partial charge in [-0.05, 0) is 51.1 Å². The lowest BCUT2D eigenvalue weighted by atomic mass is 10.0. The summed E-state index contributed by atoms with van der Waals surface area (Å²) in [6.45, 7) is 3.59. The fourth-order valence-electron chi connectivity index (χ4n) is 5.28. The molecular weight excluding hydrogens is 481 g/mol. The van der Waals surface area contributed by atoms with Crippen molar-refractivity contribution in [3.8, 4) is 16.9 Å². The van der Waals surface area contributed by atoms with Crippen molar-refractivity contribution in [2.75, 3.05) is 31.6 Å². The summed E-state index contributed by atoms with van der Waals surface area (Å²) < 4.78 is 51.8. The third kappa shape index (κ3) is 4.39. The number of anilines is 1. The molecule has 2 aliphatic heterocycles. The van der Waals surface area contributed by atoms with Crippen molar-refractivity contribution < 1.29 is 17.9 Å². The number of pyridine rings is 1. The molecule has 0 atom stereocenters. The number of hydrogen-bond donors (Lipinski definition) is 1. The molecule has 0 bridgehead atoms. The Hall–Kier alpha value is -3.66. The fraction of sp³-hybridized carbons (Fsp3) is 0.370. The molecule has 0 radical (unpaired) electrons. The highest BCUT2D eigenvalue weighted by Crippen LogP contribution is 2.34. The van der Waals surface area contributed by atoms with Crippen molar-refractivity contribution in [3.63, 3.8) is 0 Å². The number of aryl methyl sites for hydroxylation is 1. The fourth-order valence-corrected chi connectivity index (χ4v) is 5.28. The first-order valence-electron chi connectivity index (χ1n) is 12.5. The minimum absolute atomic E-state index is 0.224. The molecule has 1 fully saturated rings. The van der Waals surface area contributed by atoms with Gasteiger partial charge in [0, 0.05) is 47.1 Å². The van der Waals surface area contributed by atoms with Crippen LogP contribution in [0.2, 0.25) is 0 Å². The summed E-state index contributed by atoms with van der Waals surface area (Å²) >= 11 is 0. The predicted octanol–water partition coefficient (Wildman–Crippen LogP) is 4.97. The molecule has 0 amide bonds. The van der Waals surface area contributed by atoms with Gasteiger partial charge < -0.3 is 10.1 Å². The first-order valence-corrected chi connectivity index (χ1v) is 12.5. The van der Waals surface area contributed by atoms with Crippen molar-refractivity contribution in [2.45, 2.75) is 38.7 Å². The van der Waals surface area contributed by atoms with E-state index in [1.165, 1.54) is 12.1 Å². The van der Waals surface area contributed by atoms with Crippen LogP contribution in [0.3, 0.4) is 0 Å². The molecule has 5 heterocycles. The number of nitrogens with one attached hydrogen (secondary N) is 1. The lowest BCUT2D eigenvalue weighted by Gasteiger charge is -2.23. The Balaban J connectivity index is 1.27. The molecule has 0 spiro atoms. The quantitative estimate of drug-likeness (QED) is 0.380. The number of benzene rings is 1. The maximum atomic E-state index is 14.9. The molecule has 3 aromatic heterocycles. The zero-order valence-electron chi connectivity index (χ0n) is 20.5. The van der Waals surface area contributed by atoms with Crippen molar-refractivity contribution in [3.05, 3.63) is 71.3 Å². The SMILES string of the molecule is Cc1nc(C(F)(F)CN2CCCC2)ccc1-c1cnc(NCc2c(F)ccc3c2CCO3)n2cncc12. The first-order chi connectivity index (χ1) is 17.9. The van der Waals surface area contributed by atoms with Crippen LogP contribution >= 0.6 is 0 Å². The van der Waals surface area contributed by atoms with Crippen LogP contribution in [-0.2, 0) is 18.9 Å². The number of aromatic nitrogens is 4. The number of nitrogens with zero attached hydrogens (tertiary/aromatic N) is 5. The molecule has 6 rings (SSSR count). The smallest absolute Gasteiger partial charge is 0.302 e. The van der Waals surface area contributed by atoms with Crippen molar-refractivity contribution in [1.29, 1.82) is 0 Å². The van der Waals surface area contributed by atoms with Crippen LogP contribution in [0.25, 0.3) is 16.6 Å². The summed E-state index contributed by atoms with van der Waals surface area (Å²) in [6, 6.07) is 6.15. The predicted molar refractivity (Wildman–Crippen MR) is 133 cm³/mol. The summed E-state index contributed by atoms with van der Waals surface area (Å²) in [7, 11) is 0. The monoisotopic (exact) mass is 508 g/mol. The number of alkyl halides is 2. The Labute approximate surface area is 212 Å². The van der Waals surface area contributed by atoms with E-state index in [0.717, 1.165) is 29.5 Å². The van der Waals surface area contributed by atoms with E-state index in [2.05, 4.69) is 20.3 Å². The number of likely N-dealkylation sites (tertiary alicyclic amines) is 1. The van der Waals surface area contributed by atoms with Gasteiger partial charge in [0.25, 0.3) is 0 Å². The highest BCUT2D eigenvalue weighted by atomic mass is 19.3. The summed E-state index contributed by atoms with van der Waals surface area (Å²) in [5, 5.41) is 3.21. The van der Waals surface area contributed by atoms with E-state index in [1.807, 2.05) is 0 Å². The van der Waals surface area contributed by atoms with Crippen LogP contribution in [0.15, 0.2) is 43.0 Å². The van der Waals surface area contributed by atoms with E-state index in [4.69, 9.17) is 4.74 Å². The number of rotatable bonds is 7. The topological polar surface area (TPSA) is 67.6 Å². The maximum Gasteiger partial charge on any atom is 0.302 e. The second-order valence-corrected chi connectivity index (χ2v) is 9.62. The van der Waals surface area contributed by atoms with E-state index in [1.54, 1.807) is 47.1 Å². The zero-order valence-corrected chi connectivity index (χ0v) is 20.5. The van der Waals surface area contributed by atoms with Gasteiger partial charge in [0.05, 0.1) is 24.9 Å². The highest BCUT2D eigenvalue weighted by Gasteiger charge is 2.36. The third-order valence-electron chi connectivity index (χ3n) is 7.19. The van der Waals surface area contributed by atoms with E-state index in [-0.39, 0.29) is 24.6 Å². The van der Waals surface area contributed by atoms with E-state index in [9.17, 15) is 13.2 Å². The Morgan fingerprint density at radius 2 is 1.92 bits per heavy atom. The number of halogens is 3. The van der Waals surface area contributed by atoms with Gasteiger partial charge in [-0.15, -0.1) is 0 Å². The van der Waals surface area contributed by atoms with E-state index in [0.29, 0.717) is 54.6 Å². The summed E-state index contributed by atoms with van der Waals surface area (Å²) in [4.78, 5) is 14.9. The molecule has 4 aromatic rings. The molecule has 1 saturated heterocycles. The molecule has 0 aliphatic carbocycles. The minimum Gasteiger partial charge on any atom is -0.493 e. The third-order valence-corrected chi connectivity index (χ3v) is 7.19. The second kappa shape index (κ2) is 9.33. The molecule has 1 N–H and O–H groups in total. The Bertz CT molecular complexity index is 1460. The summed E-state index contributed by atoms with van der Waals surface area (Å²) in [5.41, 5.74) is 3.86. The van der Waals surface area contributed by atoms with Gasteiger partial charge in [-0.3, -0.25) is 14.3 Å². The zero-order chi connectivity index (χ0) is 25.6. The van der Waals surface area contributed by atoms with Gasteiger partial charge in [0.15, 0.2) is 0 Å². The molecule has 37 heavy (non-hydrogen) atoms. The van der Waals surface area contributed by atoms with Crippen LogP contribution in [-0.4, -0.2) is 50.5 Å². The number of fused-ring (bicyclic) bond motifs is 2. The molecule has 7 nitrogen and oxygen atoms in total. The highest BCUT2D eigenvalue weighted by molar-refractivity contribution is 5.81. The van der Waals surface area contributed by atoms with Gasteiger partial charge in [0.2, 0.25) is 5.95 Å². The molecule has 0 unspecified atom stereocenters. The standard InChI is InChI=1S/C27H27F3N6O/c1-17-18(4-7-25(34-17)27(29,30)15-35-9-2-3-10-35)21-13-33-26(36-16-31-14-23(21)36)32-12-20-19-8-11-37-24(19)6-5-22(20)28/h4-7,13-14,16H,2-3,8-12,15H2,1H3,(H,32,33). The average Bonchev–Trinajstić information content (AvgIpc) is 3.65. The van der Waals surface area contributed by atoms with E-state index >= 15 is 0 Å². The van der Waals surface area contributed by atoms with Crippen LogP contribution in [0, 0.1) is 12.7 Å². The Morgan fingerprint density at radius 1 is 1.08 bits per heavy atom. The molecular formula is C27H27F3N6O. The van der Waals surface area contributed by atoms with Gasteiger partial charge in [0.1, 0.15) is 23.6 Å². The number of imidazole rings is 1. The van der Waals surface area contributed by atoms with Gasteiger partial charge in [-0.1, -0.05) is 6.07 Å². The average molecular weight is 509 g/mol. The number of hydrogen-bond acceptors (Lipinski definition) is 6. The largest absolute Gasteiger partial charge is 0.493 e. The lowest BCUT2D eigenvalue weighted by molar-refractivity contribution is -0.0367. The van der Waals surface area contributed by atoms with Gasteiger partial charge >= 0.3 is 5.92 Å². The Morgan fingerprint density at radius 3 is 2.73 bits per heavy atom. The van der Waals surface area contributed by atoms with Gasteiger partial charge in [-0.25, -0.2) is 14.4 Å². The van der Waals surface area contributed by atoms with Crippen LogP contribution in [0.1, 0.15) is 35.4 Å². The maximum absolute atomic E-state index is 14.9. The van der Waals surface area contributed by atoms with E-state index < -0.39 is 5.92 Å². The molecule has 10 heteroatoms. The van der Waals surface area contributed by atoms with Crippen LogP contribution < -0.4 is 10.1 Å². The normalized spacial score (nSPS) is 15.8. The van der Waals surface area contributed by atoms with Crippen molar-refractivity contribution >= 4 is 11.5 Å². The molecule has 2 aliphatic rings. The van der Waals surface area contributed by atoms with Crippen molar-refractivity contribution in [1.82, 2.24) is 24.3 Å². The summed E-state index contributed by atoms with van der Waals surface area (Å²) in [6.07, 6.45) is 7.54.